The number of pyridine rings is 1. The molecule has 0 spiro atoms. The van der Waals surface area contributed by atoms with Crippen molar-refractivity contribution in [1.29, 1.82) is 5.41 Å². The molecule has 0 saturated heterocycles. The van der Waals surface area contributed by atoms with Crippen LogP contribution in [0.25, 0.3) is 0 Å². The first-order valence-corrected chi connectivity index (χ1v) is 6.53. The third-order valence-corrected chi connectivity index (χ3v) is 2.92. The van der Waals surface area contributed by atoms with Gasteiger partial charge in [-0.15, -0.1) is 12.4 Å². The summed E-state index contributed by atoms with van der Waals surface area (Å²) in [5.74, 6) is 0.0867. The van der Waals surface area contributed by atoms with E-state index in [9.17, 15) is 0 Å². The number of rotatable bonds is 8. The predicted octanol–water partition coefficient (Wildman–Crippen LogP) is 3.69. The third-order valence-electron chi connectivity index (χ3n) is 2.92. The number of unbranched alkanes of at least 4 members (excludes halogenated alkanes) is 5. The van der Waals surface area contributed by atoms with Gasteiger partial charge in [-0.3, -0.25) is 10.4 Å². The Bertz CT molecular complexity index is 335. The molecule has 102 valence electrons. The molecule has 0 atom stereocenters. The van der Waals surface area contributed by atoms with Gasteiger partial charge in [0.05, 0.1) is 0 Å². The molecular weight excluding hydrogens is 246 g/mol. The number of hydrogen-bond donors (Lipinski definition) is 2. The van der Waals surface area contributed by atoms with E-state index in [0.29, 0.717) is 5.56 Å². The molecule has 1 aromatic rings. The van der Waals surface area contributed by atoms with Gasteiger partial charge in [-0.2, -0.15) is 0 Å². The summed E-state index contributed by atoms with van der Waals surface area (Å²) in [6.07, 6.45) is 10.6. The SMILES string of the molecule is CCCCCCCCc1ccc(C(=N)N)cn1.Cl. The Labute approximate surface area is 116 Å². The Morgan fingerprint density at radius 1 is 1.17 bits per heavy atom. The highest BCUT2D eigenvalue weighted by molar-refractivity contribution is 5.94. The van der Waals surface area contributed by atoms with E-state index in [1.54, 1.807) is 6.20 Å². The van der Waals surface area contributed by atoms with Crippen LogP contribution in [0.15, 0.2) is 18.3 Å². The molecular formula is C14H24ClN3. The lowest BCUT2D eigenvalue weighted by Gasteiger charge is -2.02. The first-order chi connectivity index (χ1) is 8.24. The highest BCUT2D eigenvalue weighted by atomic mass is 35.5. The number of aryl methyl sites for hydroxylation is 1. The molecule has 0 aliphatic rings. The molecule has 3 N–H and O–H groups in total. The van der Waals surface area contributed by atoms with E-state index >= 15 is 0 Å². The maximum atomic E-state index is 7.28. The van der Waals surface area contributed by atoms with Crippen LogP contribution >= 0.6 is 12.4 Å². The number of nitrogens with zero attached hydrogens (tertiary/aromatic N) is 1. The van der Waals surface area contributed by atoms with E-state index in [1.165, 1.54) is 38.5 Å². The maximum Gasteiger partial charge on any atom is 0.124 e. The molecule has 0 fully saturated rings. The van der Waals surface area contributed by atoms with Gasteiger partial charge in [0.1, 0.15) is 5.84 Å². The van der Waals surface area contributed by atoms with Gasteiger partial charge < -0.3 is 5.73 Å². The monoisotopic (exact) mass is 269 g/mol. The van der Waals surface area contributed by atoms with Crippen LogP contribution < -0.4 is 5.73 Å². The summed E-state index contributed by atoms with van der Waals surface area (Å²) in [7, 11) is 0. The van der Waals surface area contributed by atoms with Crippen molar-refractivity contribution < 1.29 is 0 Å². The minimum absolute atomic E-state index is 0. The van der Waals surface area contributed by atoms with Crippen LogP contribution in [0.3, 0.4) is 0 Å². The van der Waals surface area contributed by atoms with E-state index in [0.717, 1.165) is 12.1 Å². The van der Waals surface area contributed by atoms with Crippen molar-refractivity contribution >= 4 is 18.2 Å². The second-order valence-electron chi connectivity index (χ2n) is 4.47. The van der Waals surface area contributed by atoms with Crippen LogP contribution in [0.2, 0.25) is 0 Å². The largest absolute Gasteiger partial charge is 0.384 e. The van der Waals surface area contributed by atoms with Crippen LogP contribution in [-0.2, 0) is 6.42 Å². The molecule has 1 heterocycles. The van der Waals surface area contributed by atoms with Crippen molar-refractivity contribution in [2.75, 3.05) is 0 Å². The Kier molecular flexibility index (Phi) is 9.29. The van der Waals surface area contributed by atoms with Crippen molar-refractivity contribution in [1.82, 2.24) is 4.98 Å². The fraction of sp³-hybridized carbons (Fsp3) is 0.571. The molecule has 1 rings (SSSR count). The first kappa shape index (κ1) is 16.9. The van der Waals surface area contributed by atoms with Gasteiger partial charge in [0.15, 0.2) is 0 Å². The van der Waals surface area contributed by atoms with Gasteiger partial charge in [-0.05, 0) is 25.0 Å². The lowest BCUT2D eigenvalue weighted by atomic mass is 10.1. The van der Waals surface area contributed by atoms with Crippen LogP contribution in [0.1, 0.15) is 56.7 Å². The summed E-state index contributed by atoms with van der Waals surface area (Å²) < 4.78 is 0. The Morgan fingerprint density at radius 3 is 2.39 bits per heavy atom. The summed E-state index contributed by atoms with van der Waals surface area (Å²) >= 11 is 0. The van der Waals surface area contributed by atoms with Crippen molar-refractivity contribution in [2.45, 2.75) is 51.9 Å². The molecule has 1 aromatic heterocycles. The van der Waals surface area contributed by atoms with Gasteiger partial charge in [-0.1, -0.05) is 39.0 Å². The number of nitrogens with two attached hydrogens (primary N) is 1. The molecule has 0 radical (unpaired) electrons. The molecule has 0 saturated carbocycles. The number of nitrogens with one attached hydrogen (secondary N) is 1. The molecule has 0 aliphatic carbocycles. The smallest absolute Gasteiger partial charge is 0.124 e. The summed E-state index contributed by atoms with van der Waals surface area (Å²) in [6.45, 7) is 2.24. The summed E-state index contributed by atoms with van der Waals surface area (Å²) in [5, 5.41) is 7.28. The van der Waals surface area contributed by atoms with E-state index in [1.807, 2.05) is 12.1 Å². The average Bonchev–Trinajstić information content (AvgIpc) is 2.34. The quantitative estimate of drug-likeness (QED) is 0.429. The van der Waals surface area contributed by atoms with E-state index in [2.05, 4.69) is 11.9 Å². The summed E-state index contributed by atoms with van der Waals surface area (Å²) in [5.41, 5.74) is 7.18. The molecule has 0 amide bonds. The lowest BCUT2D eigenvalue weighted by Crippen LogP contribution is -2.11. The van der Waals surface area contributed by atoms with Crippen molar-refractivity contribution in [3.05, 3.63) is 29.6 Å². The minimum atomic E-state index is 0. The Morgan fingerprint density at radius 2 is 1.83 bits per heavy atom. The molecule has 0 aliphatic heterocycles. The third kappa shape index (κ3) is 6.60. The summed E-state index contributed by atoms with van der Waals surface area (Å²) in [4.78, 5) is 4.31. The number of aromatic nitrogens is 1. The van der Waals surface area contributed by atoms with Crippen molar-refractivity contribution in [3.63, 3.8) is 0 Å². The van der Waals surface area contributed by atoms with E-state index in [-0.39, 0.29) is 18.2 Å². The fourth-order valence-electron chi connectivity index (χ4n) is 1.82. The van der Waals surface area contributed by atoms with Crippen LogP contribution in [0.5, 0.6) is 0 Å². The highest BCUT2D eigenvalue weighted by Gasteiger charge is 1.98. The number of halogens is 1. The van der Waals surface area contributed by atoms with Gasteiger partial charge in [0.2, 0.25) is 0 Å². The first-order valence-electron chi connectivity index (χ1n) is 6.53. The molecule has 0 unspecified atom stereocenters. The van der Waals surface area contributed by atoms with E-state index in [4.69, 9.17) is 11.1 Å². The van der Waals surface area contributed by atoms with Crippen LogP contribution in [0, 0.1) is 5.41 Å². The van der Waals surface area contributed by atoms with Crippen molar-refractivity contribution in [2.24, 2.45) is 5.73 Å². The highest BCUT2D eigenvalue weighted by Crippen LogP contribution is 2.08. The number of hydrogen-bond acceptors (Lipinski definition) is 2. The molecule has 4 heteroatoms. The van der Waals surface area contributed by atoms with E-state index < -0.39 is 0 Å². The number of amidine groups is 1. The van der Waals surface area contributed by atoms with Gasteiger partial charge in [0.25, 0.3) is 0 Å². The minimum Gasteiger partial charge on any atom is -0.384 e. The Hall–Kier alpha value is -1.09. The fourth-order valence-corrected chi connectivity index (χ4v) is 1.82. The van der Waals surface area contributed by atoms with Gasteiger partial charge in [0, 0.05) is 17.5 Å². The zero-order valence-electron chi connectivity index (χ0n) is 11.1. The summed E-state index contributed by atoms with van der Waals surface area (Å²) in [6, 6.07) is 3.85. The second-order valence-corrected chi connectivity index (χ2v) is 4.47. The normalized spacial score (nSPS) is 9.83. The maximum absolute atomic E-state index is 7.28. The molecule has 0 bridgehead atoms. The standard InChI is InChI=1S/C14H23N3.ClH/c1-2-3-4-5-6-7-8-13-10-9-12(11-17-13)14(15)16;/h9-11H,2-8H2,1H3,(H3,15,16);1H. The average molecular weight is 270 g/mol. The van der Waals surface area contributed by atoms with Gasteiger partial charge >= 0.3 is 0 Å². The zero-order valence-corrected chi connectivity index (χ0v) is 11.9. The Balaban J connectivity index is 0.00000289. The topological polar surface area (TPSA) is 62.8 Å². The second kappa shape index (κ2) is 9.89. The molecule has 18 heavy (non-hydrogen) atoms. The van der Waals surface area contributed by atoms with Gasteiger partial charge in [-0.25, -0.2) is 0 Å². The molecule has 0 aromatic carbocycles. The zero-order chi connectivity index (χ0) is 12.5. The lowest BCUT2D eigenvalue weighted by molar-refractivity contribution is 0.604. The predicted molar refractivity (Wildman–Crippen MR) is 79.6 cm³/mol. The molecule has 3 nitrogen and oxygen atoms in total. The van der Waals surface area contributed by atoms with Crippen LogP contribution in [-0.4, -0.2) is 10.8 Å². The van der Waals surface area contributed by atoms with Crippen molar-refractivity contribution in [3.8, 4) is 0 Å². The number of nitrogen functional groups attached to an aromatic ring is 1. The van der Waals surface area contributed by atoms with Crippen LogP contribution in [0.4, 0.5) is 0 Å².